The summed E-state index contributed by atoms with van der Waals surface area (Å²) in [6.45, 7) is 4.76. The minimum absolute atomic E-state index is 0.0607. The van der Waals surface area contributed by atoms with Crippen molar-refractivity contribution in [1.82, 2.24) is 9.62 Å². The van der Waals surface area contributed by atoms with Gasteiger partial charge >= 0.3 is 0 Å². The van der Waals surface area contributed by atoms with Crippen LogP contribution >= 0.6 is 11.6 Å². The van der Waals surface area contributed by atoms with Gasteiger partial charge < -0.3 is 14.8 Å². The molecule has 2 aromatic carbocycles. The molecule has 0 aliphatic carbocycles. The second-order valence-electron chi connectivity index (χ2n) is 7.71. The Bertz CT molecular complexity index is 1030. The zero-order chi connectivity index (χ0) is 23.3. The molecule has 32 heavy (non-hydrogen) atoms. The van der Waals surface area contributed by atoms with Crippen LogP contribution in [0.3, 0.4) is 0 Å². The van der Waals surface area contributed by atoms with Crippen LogP contribution in [0.1, 0.15) is 38.3 Å². The van der Waals surface area contributed by atoms with E-state index >= 15 is 0 Å². The molecule has 1 amide bonds. The van der Waals surface area contributed by atoms with Crippen LogP contribution < -0.4 is 14.8 Å². The van der Waals surface area contributed by atoms with E-state index in [0.717, 1.165) is 11.3 Å². The lowest BCUT2D eigenvalue weighted by atomic mass is 9.96. The maximum atomic E-state index is 13.0. The highest BCUT2D eigenvalue weighted by molar-refractivity contribution is 7.89. The average Bonchev–Trinajstić information content (AvgIpc) is 2.80. The first-order valence-corrected chi connectivity index (χ1v) is 12.4. The molecule has 0 saturated carbocycles. The highest BCUT2D eigenvalue weighted by Gasteiger charge is 2.32. The van der Waals surface area contributed by atoms with Gasteiger partial charge in [-0.1, -0.05) is 23.7 Å². The third-order valence-corrected chi connectivity index (χ3v) is 7.83. The van der Waals surface area contributed by atoms with E-state index in [1.165, 1.54) is 16.4 Å². The van der Waals surface area contributed by atoms with Gasteiger partial charge in [0.1, 0.15) is 11.5 Å². The smallest absolute Gasteiger partial charge is 0.243 e. The van der Waals surface area contributed by atoms with E-state index < -0.39 is 10.0 Å². The fraction of sp³-hybridized carbons (Fsp3) is 0.435. The summed E-state index contributed by atoms with van der Waals surface area (Å²) in [5.74, 6) is 0.921. The maximum Gasteiger partial charge on any atom is 0.243 e. The Morgan fingerprint density at radius 3 is 2.41 bits per heavy atom. The molecule has 1 heterocycles. The summed E-state index contributed by atoms with van der Waals surface area (Å²) in [6, 6.07) is 11.9. The first-order valence-electron chi connectivity index (χ1n) is 10.6. The lowest BCUT2D eigenvalue weighted by Gasteiger charge is -2.31. The molecule has 1 aliphatic rings. The van der Waals surface area contributed by atoms with E-state index in [1.807, 2.05) is 38.1 Å². The fourth-order valence-corrected chi connectivity index (χ4v) is 5.53. The van der Waals surface area contributed by atoms with Crippen LogP contribution in [0.15, 0.2) is 47.4 Å². The number of rotatable bonds is 8. The van der Waals surface area contributed by atoms with E-state index in [9.17, 15) is 13.2 Å². The first kappa shape index (κ1) is 24.4. The van der Waals surface area contributed by atoms with Crippen LogP contribution in [-0.2, 0) is 14.8 Å². The molecule has 1 atom stereocenters. The zero-order valence-electron chi connectivity index (χ0n) is 18.5. The van der Waals surface area contributed by atoms with Crippen molar-refractivity contribution in [2.75, 3.05) is 26.8 Å². The second kappa shape index (κ2) is 10.6. The van der Waals surface area contributed by atoms with Crippen LogP contribution in [0.5, 0.6) is 11.5 Å². The van der Waals surface area contributed by atoms with Gasteiger partial charge in [-0.25, -0.2) is 8.42 Å². The van der Waals surface area contributed by atoms with Gasteiger partial charge in [0, 0.05) is 19.0 Å². The Kier molecular flexibility index (Phi) is 8.03. The van der Waals surface area contributed by atoms with Crippen molar-refractivity contribution in [3.05, 3.63) is 53.1 Å². The lowest BCUT2D eigenvalue weighted by molar-refractivity contribution is -0.126. The van der Waals surface area contributed by atoms with E-state index in [1.54, 1.807) is 13.2 Å². The second-order valence-corrected chi connectivity index (χ2v) is 10.1. The largest absolute Gasteiger partial charge is 0.497 e. The van der Waals surface area contributed by atoms with Crippen molar-refractivity contribution in [3.8, 4) is 11.5 Å². The number of amides is 1. The van der Waals surface area contributed by atoms with Crippen LogP contribution in [0.2, 0.25) is 5.02 Å². The zero-order valence-corrected chi connectivity index (χ0v) is 20.1. The minimum atomic E-state index is -3.69. The fourth-order valence-electron chi connectivity index (χ4n) is 3.73. The van der Waals surface area contributed by atoms with Crippen molar-refractivity contribution in [1.29, 1.82) is 0 Å². The molecule has 0 spiro atoms. The first-order chi connectivity index (χ1) is 15.3. The number of ether oxygens (including phenoxy) is 2. The molecular formula is C23H29ClN2O5S. The average molecular weight is 481 g/mol. The number of piperidine rings is 1. The molecule has 1 N–H and O–H groups in total. The summed E-state index contributed by atoms with van der Waals surface area (Å²) in [6.07, 6.45) is 0.927. The van der Waals surface area contributed by atoms with Crippen LogP contribution in [0, 0.1) is 5.92 Å². The number of hydrogen-bond acceptors (Lipinski definition) is 5. The summed E-state index contributed by atoms with van der Waals surface area (Å²) in [7, 11) is -2.08. The van der Waals surface area contributed by atoms with E-state index in [2.05, 4.69) is 5.32 Å². The molecule has 3 rings (SSSR count). The molecule has 0 radical (unpaired) electrons. The third-order valence-electron chi connectivity index (χ3n) is 5.64. The molecule has 0 aromatic heterocycles. The summed E-state index contributed by atoms with van der Waals surface area (Å²) < 4.78 is 38.0. The Morgan fingerprint density at radius 2 is 1.84 bits per heavy atom. The molecule has 1 aliphatic heterocycles. The standard InChI is InChI=1S/C23H29ClN2O5S/c1-4-31-22-10-9-20(15-21(22)24)32(28,29)26-13-11-18(12-14-26)23(27)25-16(2)17-5-7-19(30-3)8-6-17/h5-10,15-16,18H,4,11-14H2,1-3H3,(H,25,27)/t16-/m1/s1. The number of methoxy groups -OCH3 is 1. The topological polar surface area (TPSA) is 84.9 Å². The highest BCUT2D eigenvalue weighted by Crippen LogP contribution is 2.30. The number of sulfonamides is 1. The molecule has 0 bridgehead atoms. The Labute approximate surface area is 194 Å². The number of benzene rings is 2. The Balaban J connectivity index is 1.58. The van der Waals surface area contributed by atoms with Crippen LogP contribution in [0.4, 0.5) is 0 Å². The van der Waals surface area contributed by atoms with Crippen LogP contribution in [-0.4, -0.2) is 45.4 Å². The van der Waals surface area contributed by atoms with Crippen molar-refractivity contribution >= 4 is 27.5 Å². The Hall–Kier alpha value is -2.29. The van der Waals surface area contributed by atoms with Crippen LogP contribution in [0.25, 0.3) is 0 Å². The van der Waals surface area contributed by atoms with Gasteiger partial charge in [-0.05, 0) is 62.6 Å². The maximum absolute atomic E-state index is 13.0. The Morgan fingerprint density at radius 1 is 1.19 bits per heavy atom. The quantitative estimate of drug-likeness (QED) is 0.616. The molecule has 9 heteroatoms. The van der Waals surface area contributed by atoms with Gasteiger partial charge in [-0.15, -0.1) is 0 Å². The predicted molar refractivity (Wildman–Crippen MR) is 124 cm³/mol. The van der Waals surface area contributed by atoms with Crippen molar-refractivity contribution in [2.45, 2.75) is 37.6 Å². The van der Waals surface area contributed by atoms with E-state index in [0.29, 0.717) is 25.2 Å². The molecule has 1 fully saturated rings. The van der Waals surface area contributed by atoms with Gasteiger partial charge in [0.15, 0.2) is 0 Å². The predicted octanol–water partition coefficient (Wildman–Crippen LogP) is 4.03. The molecule has 7 nitrogen and oxygen atoms in total. The van der Waals surface area contributed by atoms with Gasteiger partial charge in [-0.3, -0.25) is 4.79 Å². The number of nitrogens with one attached hydrogen (secondary N) is 1. The highest BCUT2D eigenvalue weighted by atomic mass is 35.5. The number of carbonyl (C=O) groups is 1. The molecule has 1 saturated heterocycles. The van der Waals surface area contributed by atoms with Gasteiger partial charge in [-0.2, -0.15) is 4.31 Å². The van der Waals surface area contributed by atoms with E-state index in [4.69, 9.17) is 21.1 Å². The van der Waals surface area contributed by atoms with Crippen molar-refractivity contribution < 1.29 is 22.7 Å². The molecule has 0 unspecified atom stereocenters. The summed E-state index contributed by atoms with van der Waals surface area (Å²) >= 11 is 6.17. The molecular weight excluding hydrogens is 452 g/mol. The minimum Gasteiger partial charge on any atom is -0.497 e. The number of halogens is 1. The normalized spacial score (nSPS) is 16.4. The van der Waals surface area contributed by atoms with Gasteiger partial charge in [0.05, 0.1) is 29.7 Å². The van der Waals surface area contributed by atoms with Crippen molar-refractivity contribution in [3.63, 3.8) is 0 Å². The number of hydrogen-bond donors (Lipinski definition) is 1. The molecule has 2 aromatic rings. The summed E-state index contributed by atoms with van der Waals surface area (Å²) in [5.41, 5.74) is 0.978. The monoisotopic (exact) mass is 480 g/mol. The van der Waals surface area contributed by atoms with Gasteiger partial charge in [0.25, 0.3) is 0 Å². The summed E-state index contributed by atoms with van der Waals surface area (Å²) in [4.78, 5) is 12.9. The number of nitrogens with zero attached hydrogens (tertiary/aromatic N) is 1. The molecule has 174 valence electrons. The van der Waals surface area contributed by atoms with E-state index in [-0.39, 0.29) is 40.9 Å². The van der Waals surface area contributed by atoms with Gasteiger partial charge in [0.2, 0.25) is 15.9 Å². The summed E-state index contributed by atoms with van der Waals surface area (Å²) in [5, 5.41) is 3.29. The SMILES string of the molecule is CCOc1ccc(S(=O)(=O)N2CCC(C(=O)N[C@H](C)c3ccc(OC)cc3)CC2)cc1Cl. The lowest BCUT2D eigenvalue weighted by Crippen LogP contribution is -2.43. The number of carbonyl (C=O) groups excluding carboxylic acids is 1. The van der Waals surface area contributed by atoms with Crippen molar-refractivity contribution in [2.24, 2.45) is 5.92 Å². The third kappa shape index (κ3) is 5.54.